The van der Waals surface area contributed by atoms with E-state index in [1.54, 1.807) is 0 Å². The second kappa shape index (κ2) is 7.22. The molecule has 0 saturated carbocycles. The van der Waals surface area contributed by atoms with Crippen LogP contribution in [0.1, 0.15) is 12.0 Å². The topological polar surface area (TPSA) is 108 Å². The number of nitro groups is 1. The number of carbonyl (C=O) groups is 1. The first-order valence-electron chi connectivity index (χ1n) is 7.17. The molecule has 7 nitrogen and oxygen atoms in total. The van der Waals surface area contributed by atoms with Gasteiger partial charge < -0.3 is 10.5 Å². The van der Waals surface area contributed by atoms with Gasteiger partial charge in [-0.1, -0.05) is 29.0 Å². The number of halogens is 2. The number of primary amides is 1. The van der Waals surface area contributed by atoms with Gasteiger partial charge in [-0.25, -0.2) is 9.37 Å². The van der Waals surface area contributed by atoms with Crippen LogP contribution in [-0.2, 0) is 4.79 Å². The molecule has 0 bridgehead atoms. The fourth-order valence-electron chi connectivity index (χ4n) is 2.15. The molecule has 26 heavy (non-hydrogen) atoms. The summed E-state index contributed by atoms with van der Waals surface area (Å²) in [7, 11) is 0. The van der Waals surface area contributed by atoms with E-state index in [9.17, 15) is 19.3 Å². The maximum atomic E-state index is 14.6. The highest BCUT2D eigenvalue weighted by Gasteiger charge is 2.18. The summed E-state index contributed by atoms with van der Waals surface area (Å²) in [6, 6.07) is 7.00. The third-order valence-electron chi connectivity index (χ3n) is 3.35. The number of non-ortho nitro benzene ring substituents is 1. The molecule has 0 aliphatic carbocycles. The monoisotopic (exact) mass is 394 g/mol. The van der Waals surface area contributed by atoms with Gasteiger partial charge in [-0.2, -0.15) is 0 Å². The fraction of sp³-hybridized carbons (Fsp3) is 0.0625. The number of thiazole rings is 1. The summed E-state index contributed by atoms with van der Waals surface area (Å²) < 4.78 is 20.7. The lowest BCUT2D eigenvalue weighted by molar-refractivity contribution is -0.384. The van der Waals surface area contributed by atoms with Crippen molar-refractivity contribution in [1.29, 1.82) is 0 Å². The summed E-state index contributed by atoms with van der Waals surface area (Å²) in [5.41, 5.74) is 5.41. The van der Waals surface area contributed by atoms with Gasteiger partial charge in [0.2, 0.25) is 5.91 Å². The second-order valence-corrected chi connectivity index (χ2v) is 6.55. The van der Waals surface area contributed by atoms with Crippen LogP contribution in [0.3, 0.4) is 0 Å². The van der Waals surface area contributed by atoms with Crippen LogP contribution in [0.4, 0.5) is 10.1 Å². The van der Waals surface area contributed by atoms with Crippen LogP contribution in [0.2, 0.25) is 5.02 Å². The van der Waals surface area contributed by atoms with Gasteiger partial charge in [-0.05, 0) is 17.7 Å². The minimum atomic E-state index is -0.760. The Labute approximate surface area is 155 Å². The van der Waals surface area contributed by atoms with Crippen LogP contribution in [0.5, 0.6) is 10.9 Å². The first kappa shape index (κ1) is 18.0. The van der Waals surface area contributed by atoms with E-state index in [0.717, 1.165) is 11.3 Å². The highest BCUT2D eigenvalue weighted by Crippen LogP contribution is 2.38. The van der Waals surface area contributed by atoms with Crippen molar-refractivity contribution >= 4 is 44.7 Å². The number of nitrogens with two attached hydrogens (primary N) is 1. The number of rotatable bonds is 6. The highest BCUT2D eigenvalue weighted by atomic mass is 35.5. The number of aromatic nitrogens is 1. The Balaban J connectivity index is 1.92. The first-order chi connectivity index (χ1) is 12.3. The quantitative estimate of drug-likeness (QED) is 0.497. The van der Waals surface area contributed by atoms with E-state index in [1.165, 1.54) is 36.8 Å². The molecule has 2 aromatic carbocycles. The Bertz CT molecular complexity index is 1020. The predicted molar refractivity (Wildman–Crippen MR) is 95.0 cm³/mol. The summed E-state index contributed by atoms with van der Waals surface area (Å²) in [4.78, 5) is 25.3. The average Bonchev–Trinajstić information content (AvgIpc) is 2.99. The van der Waals surface area contributed by atoms with Gasteiger partial charge in [0, 0.05) is 25.0 Å². The molecule has 1 aromatic heterocycles. The predicted octanol–water partition coefficient (Wildman–Crippen LogP) is 4.22. The van der Waals surface area contributed by atoms with E-state index >= 15 is 0 Å². The van der Waals surface area contributed by atoms with E-state index in [1.807, 2.05) is 0 Å². The zero-order chi connectivity index (χ0) is 18.8. The number of benzene rings is 2. The Morgan fingerprint density at radius 3 is 2.88 bits per heavy atom. The molecule has 0 atom stereocenters. The van der Waals surface area contributed by atoms with Gasteiger partial charge in [0.05, 0.1) is 20.2 Å². The van der Waals surface area contributed by atoms with Gasteiger partial charge in [-0.15, -0.1) is 0 Å². The van der Waals surface area contributed by atoms with Crippen molar-refractivity contribution in [1.82, 2.24) is 4.98 Å². The van der Waals surface area contributed by atoms with Gasteiger partial charge in [0.1, 0.15) is 0 Å². The number of nitrogens with zero attached hydrogens (tertiary/aromatic N) is 2. The molecule has 10 heteroatoms. The SMILES string of the molecule is NC(=O)C[CH]c1ccc(Cl)c(Oc2nc3cc([N+](=O)[O-])ccc3s2)c1F. The lowest BCUT2D eigenvalue weighted by Crippen LogP contribution is -2.10. The van der Waals surface area contributed by atoms with Crippen molar-refractivity contribution in [2.75, 3.05) is 0 Å². The Morgan fingerprint density at radius 2 is 2.19 bits per heavy atom. The molecule has 1 radical (unpaired) electrons. The summed E-state index contributed by atoms with van der Waals surface area (Å²) in [6.07, 6.45) is 1.19. The van der Waals surface area contributed by atoms with Crippen molar-refractivity contribution < 1.29 is 18.8 Å². The molecular weight excluding hydrogens is 385 g/mol. The number of hydrogen-bond donors (Lipinski definition) is 1. The van der Waals surface area contributed by atoms with Crippen LogP contribution in [0.15, 0.2) is 30.3 Å². The molecule has 2 N–H and O–H groups in total. The highest BCUT2D eigenvalue weighted by molar-refractivity contribution is 7.20. The molecule has 3 aromatic rings. The lowest BCUT2D eigenvalue weighted by atomic mass is 10.1. The first-order valence-corrected chi connectivity index (χ1v) is 8.37. The van der Waals surface area contributed by atoms with Crippen LogP contribution >= 0.6 is 22.9 Å². The van der Waals surface area contributed by atoms with E-state index in [0.29, 0.717) is 10.2 Å². The molecule has 3 rings (SSSR count). The van der Waals surface area contributed by atoms with Crippen molar-refractivity contribution in [3.05, 3.63) is 63.3 Å². The van der Waals surface area contributed by atoms with Crippen molar-refractivity contribution in [2.24, 2.45) is 5.73 Å². The number of hydrogen-bond acceptors (Lipinski definition) is 6. The standard InChI is InChI=1S/C16H10ClFN3O4S/c17-10-4-1-8(2-6-13(19)22)14(18)15(10)25-16-20-11-7-9(21(23)24)3-5-12(11)26-16/h1-5,7H,6H2,(H2,19,22). The number of fused-ring (bicyclic) bond motifs is 1. The second-order valence-electron chi connectivity index (χ2n) is 5.15. The largest absolute Gasteiger partial charge is 0.426 e. The molecule has 0 saturated heterocycles. The van der Waals surface area contributed by atoms with Gasteiger partial charge in [0.25, 0.3) is 10.9 Å². The number of ether oxygens (including phenoxy) is 1. The summed E-state index contributed by atoms with van der Waals surface area (Å²) in [6.45, 7) is 0. The van der Waals surface area contributed by atoms with Gasteiger partial charge in [0.15, 0.2) is 11.6 Å². The smallest absolute Gasteiger partial charge is 0.279 e. The summed E-state index contributed by atoms with van der Waals surface area (Å²) in [5, 5.41) is 10.9. The van der Waals surface area contributed by atoms with Gasteiger partial charge in [-0.3, -0.25) is 14.9 Å². The fourth-order valence-corrected chi connectivity index (χ4v) is 3.14. The Morgan fingerprint density at radius 1 is 1.42 bits per heavy atom. The third kappa shape index (κ3) is 3.73. The van der Waals surface area contributed by atoms with Crippen molar-refractivity contribution in [2.45, 2.75) is 6.42 Å². The summed E-state index contributed by atoms with van der Waals surface area (Å²) >= 11 is 7.09. The average molecular weight is 395 g/mol. The minimum absolute atomic E-state index is 0.0176. The van der Waals surface area contributed by atoms with E-state index < -0.39 is 16.6 Å². The zero-order valence-corrected chi connectivity index (χ0v) is 14.5. The van der Waals surface area contributed by atoms with E-state index in [-0.39, 0.29) is 33.6 Å². The number of amides is 1. The normalized spacial score (nSPS) is 10.8. The Hall–Kier alpha value is -2.78. The maximum absolute atomic E-state index is 14.6. The summed E-state index contributed by atoms with van der Waals surface area (Å²) in [5.74, 6) is -1.61. The molecule has 1 heterocycles. The molecule has 0 aliphatic rings. The molecule has 1 amide bonds. The zero-order valence-electron chi connectivity index (χ0n) is 12.9. The van der Waals surface area contributed by atoms with Crippen LogP contribution in [0, 0.1) is 22.4 Å². The maximum Gasteiger partial charge on any atom is 0.279 e. The van der Waals surface area contributed by atoms with Crippen LogP contribution < -0.4 is 10.5 Å². The Kier molecular flexibility index (Phi) is 5.01. The van der Waals surface area contributed by atoms with E-state index in [2.05, 4.69) is 4.98 Å². The molecule has 133 valence electrons. The third-order valence-corrected chi connectivity index (χ3v) is 4.57. The van der Waals surface area contributed by atoms with Crippen LogP contribution in [-0.4, -0.2) is 15.8 Å². The van der Waals surface area contributed by atoms with Crippen LogP contribution in [0.25, 0.3) is 10.2 Å². The molecule has 0 aliphatic heterocycles. The number of nitro benzene ring substituents is 1. The molecular formula is C16H10ClFN3O4S. The molecule has 0 spiro atoms. The van der Waals surface area contributed by atoms with E-state index in [4.69, 9.17) is 22.1 Å². The number of carbonyl (C=O) groups excluding carboxylic acids is 1. The van der Waals surface area contributed by atoms with Crippen molar-refractivity contribution in [3.63, 3.8) is 0 Å². The molecule has 0 fully saturated rings. The van der Waals surface area contributed by atoms with Crippen molar-refractivity contribution in [3.8, 4) is 10.9 Å². The molecule has 0 unspecified atom stereocenters. The lowest BCUT2D eigenvalue weighted by Gasteiger charge is -2.09. The van der Waals surface area contributed by atoms with Gasteiger partial charge >= 0.3 is 0 Å². The minimum Gasteiger partial charge on any atom is -0.426 e.